The number of nitrogens with zero attached hydrogens (tertiary/aromatic N) is 6. The fraction of sp³-hybridized carbons (Fsp3) is 0.429. The summed E-state index contributed by atoms with van der Waals surface area (Å²) in [6, 6.07) is 15.5. The second-order valence-electron chi connectivity index (χ2n) is 10.2. The Morgan fingerprint density at radius 3 is 2.51 bits per heavy atom. The minimum absolute atomic E-state index is 0.0938. The number of hydrogen-bond donors (Lipinski definition) is 2. The summed E-state index contributed by atoms with van der Waals surface area (Å²) in [7, 11) is 0. The van der Waals surface area contributed by atoms with E-state index >= 15 is 0 Å². The number of fused-ring (bicyclic) bond motifs is 1. The van der Waals surface area contributed by atoms with Crippen LogP contribution in [0, 0.1) is 0 Å². The lowest BCUT2D eigenvalue weighted by atomic mass is 10.0. The Morgan fingerprint density at radius 2 is 1.78 bits per heavy atom. The highest BCUT2D eigenvalue weighted by Gasteiger charge is 2.34. The van der Waals surface area contributed by atoms with Crippen molar-refractivity contribution in [2.75, 3.05) is 31.1 Å². The molecule has 9 nitrogen and oxygen atoms in total. The molecule has 0 radical (unpaired) electrons. The van der Waals surface area contributed by atoms with Gasteiger partial charge in [-0.1, -0.05) is 25.8 Å². The molecule has 37 heavy (non-hydrogen) atoms. The maximum Gasteiger partial charge on any atom is 0.253 e. The summed E-state index contributed by atoms with van der Waals surface area (Å²) < 4.78 is 1.98. The Kier molecular flexibility index (Phi) is 6.38. The number of H-pyrrole nitrogens is 1. The molecule has 1 aliphatic heterocycles. The number of aromatic nitrogens is 5. The lowest BCUT2D eigenvalue weighted by Gasteiger charge is -2.39. The zero-order chi connectivity index (χ0) is 25.4. The largest absolute Gasteiger partial charge is 0.508 e. The van der Waals surface area contributed by atoms with E-state index < -0.39 is 0 Å². The molecule has 4 aromatic rings. The minimum Gasteiger partial charge on any atom is -0.508 e. The topological polar surface area (TPSA) is 103 Å². The molecule has 2 N–H and O–H groups in total. The van der Waals surface area contributed by atoms with E-state index in [1.54, 1.807) is 12.1 Å². The summed E-state index contributed by atoms with van der Waals surface area (Å²) in [6.07, 6.45) is 5.42. The van der Waals surface area contributed by atoms with Crippen LogP contribution in [0.25, 0.3) is 10.9 Å². The maximum absolute atomic E-state index is 13.5. The van der Waals surface area contributed by atoms with Crippen molar-refractivity contribution < 1.29 is 5.11 Å². The van der Waals surface area contributed by atoms with Crippen molar-refractivity contribution in [3.63, 3.8) is 0 Å². The van der Waals surface area contributed by atoms with E-state index in [2.05, 4.69) is 49.4 Å². The Labute approximate surface area is 215 Å². The number of pyridine rings is 1. The van der Waals surface area contributed by atoms with E-state index in [4.69, 9.17) is 0 Å². The van der Waals surface area contributed by atoms with Crippen LogP contribution in [0.4, 0.5) is 5.69 Å². The molecule has 1 atom stereocenters. The summed E-state index contributed by atoms with van der Waals surface area (Å²) in [5.74, 6) is 1.02. The highest BCUT2D eigenvalue weighted by Crippen LogP contribution is 2.34. The van der Waals surface area contributed by atoms with Gasteiger partial charge in [0.15, 0.2) is 5.82 Å². The highest BCUT2D eigenvalue weighted by atomic mass is 16.3. The fourth-order valence-corrected chi connectivity index (χ4v) is 5.89. The number of aromatic hydroxyl groups is 1. The Morgan fingerprint density at radius 1 is 1.03 bits per heavy atom. The van der Waals surface area contributed by atoms with Gasteiger partial charge < -0.3 is 15.0 Å². The van der Waals surface area contributed by atoms with Crippen molar-refractivity contribution in [2.24, 2.45) is 0 Å². The molecule has 0 amide bonds. The molecule has 2 fully saturated rings. The number of phenolic OH excluding ortho intramolecular Hbond substituents is 1. The lowest BCUT2D eigenvalue weighted by Crippen LogP contribution is -2.49. The van der Waals surface area contributed by atoms with Gasteiger partial charge in [0.25, 0.3) is 5.56 Å². The number of piperazine rings is 1. The number of anilines is 1. The molecule has 2 aromatic heterocycles. The van der Waals surface area contributed by atoms with Crippen LogP contribution in [0.15, 0.2) is 53.3 Å². The third-order valence-electron chi connectivity index (χ3n) is 7.97. The molecule has 192 valence electrons. The average molecular weight is 500 g/mol. The van der Waals surface area contributed by atoms with Crippen molar-refractivity contribution in [3.05, 3.63) is 75.8 Å². The maximum atomic E-state index is 13.5. The molecule has 2 aliphatic rings. The normalized spacial score (nSPS) is 18.0. The molecule has 1 saturated heterocycles. The summed E-state index contributed by atoms with van der Waals surface area (Å²) in [5, 5.41) is 23.7. The number of phenols is 1. The van der Waals surface area contributed by atoms with Crippen LogP contribution >= 0.6 is 0 Å². The van der Waals surface area contributed by atoms with E-state index in [0.717, 1.165) is 67.9 Å². The molecule has 2 aromatic carbocycles. The second kappa shape index (κ2) is 9.97. The highest BCUT2D eigenvalue weighted by molar-refractivity contribution is 5.80. The first-order chi connectivity index (χ1) is 18.1. The molecule has 1 unspecified atom stereocenters. The predicted octanol–water partition coefficient (Wildman–Crippen LogP) is 3.81. The third-order valence-corrected chi connectivity index (χ3v) is 7.97. The van der Waals surface area contributed by atoms with Crippen LogP contribution in [0.5, 0.6) is 5.75 Å². The Bertz CT molecular complexity index is 1430. The van der Waals surface area contributed by atoms with E-state index in [0.29, 0.717) is 5.56 Å². The van der Waals surface area contributed by atoms with Crippen molar-refractivity contribution in [1.82, 2.24) is 30.1 Å². The molecule has 3 heterocycles. The lowest BCUT2D eigenvalue weighted by molar-refractivity contribution is 0.197. The molecule has 1 aliphatic carbocycles. The van der Waals surface area contributed by atoms with Gasteiger partial charge in [0.05, 0.1) is 6.04 Å². The number of rotatable bonds is 6. The van der Waals surface area contributed by atoms with Gasteiger partial charge in [0, 0.05) is 42.9 Å². The fourth-order valence-electron chi connectivity index (χ4n) is 5.89. The Balaban J connectivity index is 1.39. The quantitative estimate of drug-likeness (QED) is 0.416. The number of hydrogen-bond acceptors (Lipinski definition) is 7. The molecule has 9 heteroatoms. The first-order valence-corrected chi connectivity index (χ1v) is 13.3. The van der Waals surface area contributed by atoms with E-state index in [1.807, 2.05) is 28.9 Å². The van der Waals surface area contributed by atoms with E-state index in [-0.39, 0.29) is 23.4 Å². The van der Waals surface area contributed by atoms with Crippen molar-refractivity contribution in [3.8, 4) is 5.75 Å². The monoisotopic (exact) mass is 499 g/mol. The van der Waals surface area contributed by atoms with Crippen molar-refractivity contribution in [1.29, 1.82) is 0 Å². The van der Waals surface area contributed by atoms with Crippen LogP contribution in [0.3, 0.4) is 0 Å². The second-order valence-corrected chi connectivity index (χ2v) is 10.2. The summed E-state index contributed by atoms with van der Waals surface area (Å²) in [4.78, 5) is 21.3. The zero-order valence-corrected chi connectivity index (χ0v) is 21.2. The molecule has 1 saturated carbocycles. The summed E-state index contributed by atoms with van der Waals surface area (Å²) >= 11 is 0. The number of aromatic amines is 1. The number of tetrazole rings is 1. The van der Waals surface area contributed by atoms with Crippen molar-refractivity contribution in [2.45, 2.75) is 51.1 Å². The SMILES string of the molecule is CCc1ccc2[nH]c(=O)c(C(c3nnnn3C3CCCC3)N3CCN(c4ccc(O)cc4)CC3)cc2c1. The smallest absolute Gasteiger partial charge is 0.253 e. The average Bonchev–Trinajstić information content (AvgIpc) is 3.62. The number of benzene rings is 2. The number of nitrogens with one attached hydrogen (secondary N) is 1. The van der Waals surface area contributed by atoms with Gasteiger partial charge in [0.1, 0.15) is 11.8 Å². The van der Waals surface area contributed by atoms with E-state index in [9.17, 15) is 9.90 Å². The molecule has 0 bridgehead atoms. The van der Waals surface area contributed by atoms with Crippen LogP contribution in [0.1, 0.15) is 61.6 Å². The molecular formula is C28H33N7O2. The third kappa shape index (κ3) is 4.59. The summed E-state index contributed by atoms with van der Waals surface area (Å²) in [6.45, 7) is 5.26. The predicted molar refractivity (Wildman–Crippen MR) is 143 cm³/mol. The van der Waals surface area contributed by atoms with Crippen molar-refractivity contribution >= 4 is 16.6 Å². The standard InChI is InChI=1S/C28H33N7O2/c1-2-19-7-12-25-20(17-19)18-24(28(37)29-25)26(27-30-31-32-35(27)22-5-3-4-6-22)34-15-13-33(14-16-34)21-8-10-23(36)11-9-21/h7-12,17-18,22,26,36H,2-6,13-16H2,1H3,(H,29,37). The minimum atomic E-state index is -0.337. The van der Waals surface area contributed by atoms with Gasteiger partial charge in [-0.2, -0.15) is 0 Å². The molecular weight excluding hydrogens is 466 g/mol. The van der Waals surface area contributed by atoms with Crippen LogP contribution in [0.2, 0.25) is 0 Å². The van der Waals surface area contributed by atoms with Crippen LogP contribution < -0.4 is 10.5 Å². The zero-order valence-electron chi connectivity index (χ0n) is 21.2. The van der Waals surface area contributed by atoms with Gasteiger partial charge in [-0.05, 0) is 83.1 Å². The van der Waals surface area contributed by atoms with Gasteiger partial charge in [-0.25, -0.2) is 4.68 Å². The Hall–Kier alpha value is -3.72. The van der Waals surface area contributed by atoms with Crippen LogP contribution in [-0.2, 0) is 6.42 Å². The van der Waals surface area contributed by atoms with E-state index in [1.165, 1.54) is 18.4 Å². The first-order valence-electron chi connectivity index (χ1n) is 13.3. The van der Waals surface area contributed by atoms with Gasteiger partial charge >= 0.3 is 0 Å². The molecule has 6 rings (SSSR count). The van der Waals surface area contributed by atoms with Gasteiger partial charge in [-0.15, -0.1) is 5.10 Å². The van der Waals surface area contributed by atoms with Crippen LogP contribution in [-0.4, -0.2) is 61.4 Å². The van der Waals surface area contributed by atoms with Gasteiger partial charge in [0.2, 0.25) is 0 Å². The molecule has 0 spiro atoms. The first kappa shape index (κ1) is 23.7. The van der Waals surface area contributed by atoms with Gasteiger partial charge in [-0.3, -0.25) is 9.69 Å². The summed E-state index contributed by atoms with van der Waals surface area (Å²) in [5.41, 5.74) is 3.76. The number of aryl methyl sites for hydroxylation is 1.